The number of hydrogen-bond donors (Lipinski definition) is 2. The summed E-state index contributed by atoms with van der Waals surface area (Å²) in [7, 11) is 0. The maximum Gasteiger partial charge on any atom is 0.262 e. The predicted molar refractivity (Wildman–Crippen MR) is 147 cm³/mol. The van der Waals surface area contributed by atoms with E-state index in [4.69, 9.17) is 32.7 Å². The zero-order valence-corrected chi connectivity index (χ0v) is 22.0. The molecule has 0 bridgehead atoms. The quantitative estimate of drug-likeness (QED) is 0.238. The van der Waals surface area contributed by atoms with Crippen LogP contribution in [0.1, 0.15) is 29.4 Å². The molecule has 0 aliphatic heterocycles. The van der Waals surface area contributed by atoms with Gasteiger partial charge < -0.3 is 19.8 Å². The van der Waals surface area contributed by atoms with Crippen molar-refractivity contribution in [2.24, 2.45) is 0 Å². The average molecular weight is 535 g/mol. The first-order valence-electron chi connectivity index (χ1n) is 11.5. The zero-order chi connectivity index (χ0) is 26.5. The number of imidazole rings is 1. The molecule has 0 spiro atoms. The number of halogens is 2. The van der Waals surface area contributed by atoms with E-state index in [1.54, 1.807) is 42.5 Å². The highest BCUT2D eigenvalue weighted by Crippen LogP contribution is 2.32. The minimum atomic E-state index is -0.405. The lowest BCUT2D eigenvalue weighted by Crippen LogP contribution is -2.20. The van der Waals surface area contributed by atoms with Crippen LogP contribution >= 0.6 is 23.2 Å². The highest BCUT2D eigenvalue weighted by Gasteiger charge is 2.13. The van der Waals surface area contributed by atoms with Gasteiger partial charge in [-0.3, -0.25) is 4.79 Å². The van der Waals surface area contributed by atoms with Gasteiger partial charge >= 0.3 is 0 Å². The fraction of sp³-hybridized carbons (Fsp3) is 0.179. The van der Waals surface area contributed by atoms with Crippen LogP contribution in [-0.2, 0) is 4.79 Å². The van der Waals surface area contributed by atoms with E-state index in [2.05, 4.69) is 21.4 Å². The minimum absolute atomic E-state index is 0.256. The number of aromatic nitrogens is 2. The van der Waals surface area contributed by atoms with E-state index < -0.39 is 5.91 Å². The molecule has 2 N–H and O–H groups in total. The summed E-state index contributed by atoms with van der Waals surface area (Å²) < 4.78 is 11.4. The Morgan fingerprint density at radius 1 is 1.11 bits per heavy atom. The summed E-state index contributed by atoms with van der Waals surface area (Å²) in [5.74, 6) is 0.910. The molecular weight excluding hydrogens is 511 g/mol. The number of allylic oxidation sites excluding steroid dienone is 1. The van der Waals surface area contributed by atoms with Gasteiger partial charge in [-0.25, -0.2) is 4.98 Å². The van der Waals surface area contributed by atoms with Gasteiger partial charge in [0, 0.05) is 0 Å². The second kappa shape index (κ2) is 11.4. The van der Waals surface area contributed by atoms with Gasteiger partial charge in [0.05, 0.1) is 38.9 Å². The number of hydrogen-bond acceptors (Lipinski definition) is 5. The van der Waals surface area contributed by atoms with Crippen LogP contribution in [0.5, 0.6) is 11.5 Å². The number of fused-ring (bicyclic) bond motifs is 1. The highest BCUT2D eigenvalue weighted by molar-refractivity contribution is 6.44. The van der Waals surface area contributed by atoms with Gasteiger partial charge in [-0.15, -0.1) is 0 Å². The number of amides is 1. The molecule has 1 aromatic heterocycles. The molecule has 7 nitrogen and oxygen atoms in total. The van der Waals surface area contributed by atoms with Crippen molar-refractivity contribution in [3.05, 3.63) is 81.1 Å². The number of nitrogens with one attached hydrogen (secondary N) is 2. The summed E-state index contributed by atoms with van der Waals surface area (Å²) in [5.41, 5.74) is 5.44. The second-order valence-electron chi connectivity index (χ2n) is 8.29. The maximum absolute atomic E-state index is 12.4. The fourth-order valence-electron chi connectivity index (χ4n) is 3.65. The Morgan fingerprint density at radius 2 is 1.89 bits per heavy atom. The first-order valence-corrected chi connectivity index (χ1v) is 12.3. The number of anilines is 1. The van der Waals surface area contributed by atoms with Crippen molar-refractivity contribution in [2.75, 3.05) is 18.5 Å². The topological polar surface area (TPSA) is 100 Å². The molecule has 1 amide bonds. The van der Waals surface area contributed by atoms with E-state index in [-0.39, 0.29) is 11.6 Å². The number of carbonyl (C=O) groups is 1. The van der Waals surface area contributed by atoms with Gasteiger partial charge in [-0.2, -0.15) is 5.26 Å². The third-order valence-corrected chi connectivity index (χ3v) is 6.45. The normalized spacial score (nSPS) is 11.3. The number of benzene rings is 3. The van der Waals surface area contributed by atoms with Gasteiger partial charge in [0.2, 0.25) is 0 Å². The summed E-state index contributed by atoms with van der Waals surface area (Å²) in [6.07, 6.45) is 1.72. The molecule has 3 aromatic carbocycles. The van der Waals surface area contributed by atoms with E-state index >= 15 is 0 Å². The van der Waals surface area contributed by atoms with Crippen LogP contribution in [0.25, 0.3) is 22.7 Å². The molecule has 188 valence electrons. The number of carbonyl (C=O) groups excluding carboxylic acids is 1. The summed E-state index contributed by atoms with van der Waals surface area (Å²) in [6, 6.07) is 16.4. The van der Waals surface area contributed by atoms with Crippen LogP contribution in [0, 0.1) is 25.2 Å². The van der Waals surface area contributed by atoms with E-state index in [1.165, 1.54) is 0 Å². The van der Waals surface area contributed by atoms with Crippen molar-refractivity contribution in [1.29, 1.82) is 5.26 Å². The standard InChI is InChI=1S/C28H24Cl2N4O3/c1-4-36-25-13-18(12-19(14-31)28-33-22-10-16(2)17(3)11-23(22)34-28)8-9-24(25)37-15-26(35)32-21-7-5-6-20(29)27(21)30/h5-13H,4,15H2,1-3H3,(H,32,35)(H,33,34)/b19-12+. The van der Waals surface area contributed by atoms with Crippen LogP contribution in [0.4, 0.5) is 5.69 Å². The van der Waals surface area contributed by atoms with E-state index in [0.29, 0.717) is 40.2 Å². The zero-order valence-electron chi connectivity index (χ0n) is 20.5. The molecule has 9 heteroatoms. The number of H-pyrrole nitrogens is 1. The Labute approximate surface area is 224 Å². The fourth-order valence-corrected chi connectivity index (χ4v) is 4.00. The molecule has 0 atom stereocenters. The first-order chi connectivity index (χ1) is 17.8. The SMILES string of the molecule is CCOc1cc(/C=C(\C#N)c2nc3cc(C)c(C)cc3[nH]2)ccc1OCC(=O)Nc1cccc(Cl)c1Cl. The van der Waals surface area contributed by atoms with Crippen molar-refractivity contribution in [3.8, 4) is 17.6 Å². The van der Waals surface area contributed by atoms with Crippen molar-refractivity contribution < 1.29 is 14.3 Å². The van der Waals surface area contributed by atoms with Crippen molar-refractivity contribution in [2.45, 2.75) is 20.8 Å². The van der Waals surface area contributed by atoms with Crippen LogP contribution in [0.2, 0.25) is 10.0 Å². The lowest BCUT2D eigenvalue weighted by Gasteiger charge is -2.13. The third kappa shape index (κ3) is 6.05. The number of rotatable bonds is 8. The maximum atomic E-state index is 12.4. The van der Waals surface area contributed by atoms with E-state index in [1.807, 2.05) is 32.9 Å². The second-order valence-corrected chi connectivity index (χ2v) is 9.07. The average Bonchev–Trinajstić information content (AvgIpc) is 3.27. The Bertz CT molecular complexity index is 1510. The highest BCUT2D eigenvalue weighted by atomic mass is 35.5. The third-order valence-electron chi connectivity index (χ3n) is 5.64. The summed E-state index contributed by atoms with van der Waals surface area (Å²) >= 11 is 12.1. The van der Waals surface area contributed by atoms with Gasteiger partial charge in [0.15, 0.2) is 18.1 Å². The van der Waals surface area contributed by atoms with Gasteiger partial charge in [-0.05, 0) is 79.9 Å². The van der Waals surface area contributed by atoms with Gasteiger partial charge in [0.1, 0.15) is 11.9 Å². The van der Waals surface area contributed by atoms with Gasteiger partial charge in [0.25, 0.3) is 5.91 Å². The number of ether oxygens (including phenoxy) is 2. The molecule has 1 heterocycles. The molecule has 4 aromatic rings. The number of aryl methyl sites for hydroxylation is 2. The molecule has 0 radical (unpaired) electrons. The predicted octanol–water partition coefficient (Wildman–Crippen LogP) is 6.97. The molecule has 0 aliphatic carbocycles. The summed E-state index contributed by atoms with van der Waals surface area (Å²) in [6.45, 7) is 6.03. The van der Waals surface area contributed by atoms with Gasteiger partial charge in [-0.1, -0.05) is 35.3 Å². The lowest BCUT2D eigenvalue weighted by atomic mass is 10.1. The molecule has 0 aliphatic rings. The Balaban J connectivity index is 1.53. The molecule has 4 rings (SSSR count). The van der Waals surface area contributed by atoms with Crippen LogP contribution in [0.3, 0.4) is 0 Å². The number of aromatic amines is 1. The molecule has 0 fully saturated rings. The molecule has 37 heavy (non-hydrogen) atoms. The Hall–Kier alpha value is -3.99. The minimum Gasteiger partial charge on any atom is -0.490 e. The largest absolute Gasteiger partial charge is 0.490 e. The van der Waals surface area contributed by atoms with Crippen molar-refractivity contribution in [1.82, 2.24) is 9.97 Å². The lowest BCUT2D eigenvalue weighted by molar-refractivity contribution is -0.118. The summed E-state index contributed by atoms with van der Waals surface area (Å²) in [4.78, 5) is 20.2. The number of nitrogens with zero attached hydrogens (tertiary/aromatic N) is 2. The smallest absolute Gasteiger partial charge is 0.262 e. The number of nitriles is 1. The Morgan fingerprint density at radius 3 is 2.65 bits per heavy atom. The van der Waals surface area contributed by atoms with Crippen LogP contribution in [0.15, 0.2) is 48.5 Å². The van der Waals surface area contributed by atoms with Crippen LogP contribution in [-0.4, -0.2) is 29.1 Å². The van der Waals surface area contributed by atoms with E-state index in [0.717, 1.165) is 27.7 Å². The molecule has 0 saturated heterocycles. The van der Waals surface area contributed by atoms with Crippen molar-refractivity contribution >= 4 is 57.5 Å². The van der Waals surface area contributed by atoms with E-state index in [9.17, 15) is 10.1 Å². The van der Waals surface area contributed by atoms with Crippen LogP contribution < -0.4 is 14.8 Å². The summed E-state index contributed by atoms with van der Waals surface area (Å²) in [5, 5.41) is 13.1. The monoisotopic (exact) mass is 534 g/mol. The first kappa shape index (κ1) is 26.1. The molecular formula is C28H24Cl2N4O3. The van der Waals surface area contributed by atoms with Crippen molar-refractivity contribution in [3.63, 3.8) is 0 Å². The molecule has 0 saturated carbocycles. The molecule has 0 unspecified atom stereocenters. The Kier molecular flexibility index (Phi) is 8.02.